The maximum absolute atomic E-state index is 11.6. The van der Waals surface area contributed by atoms with Crippen LogP contribution in [0.25, 0.3) is 0 Å². The van der Waals surface area contributed by atoms with Crippen LogP contribution in [0, 0.1) is 0 Å². The molecule has 0 aliphatic heterocycles. The quantitative estimate of drug-likeness (QED) is 0.858. The average molecular weight is 316 g/mol. The molecule has 0 saturated carbocycles. The first-order valence-corrected chi connectivity index (χ1v) is 6.52. The van der Waals surface area contributed by atoms with Crippen LogP contribution >= 0.6 is 23.2 Å². The van der Waals surface area contributed by atoms with Crippen LogP contribution in [0.4, 0.5) is 0 Å². The average Bonchev–Trinajstić information content (AvgIpc) is 2.89. The van der Waals surface area contributed by atoms with Crippen LogP contribution in [0.5, 0.6) is 5.88 Å². The number of aromatic nitrogens is 3. The van der Waals surface area contributed by atoms with Gasteiger partial charge in [0, 0.05) is 0 Å². The molecule has 0 saturated heterocycles. The molecule has 6 nitrogen and oxygen atoms in total. The molecule has 0 unspecified atom stereocenters. The fourth-order valence-electron chi connectivity index (χ4n) is 1.44. The lowest BCUT2D eigenvalue weighted by atomic mass is 10.2. The van der Waals surface area contributed by atoms with E-state index in [-0.39, 0.29) is 24.8 Å². The third kappa shape index (κ3) is 3.40. The number of hydrogen-bond donors (Lipinski definition) is 1. The second-order valence-electron chi connectivity index (χ2n) is 3.75. The minimum absolute atomic E-state index is 0.0758. The number of benzene rings is 1. The minimum atomic E-state index is -0.568. The predicted molar refractivity (Wildman–Crippen MR) is 73.1 cm³/mol. The van der Waals surface area contributed by atoms with Gasteiger partial charge >= 0.3 is 5.97 Å². The van der Waals surface area contributed by atoms with Crippen molar-refractivity contribution in [2.45, 2.75) is 13.5 Å². The topological polar surface area (TPSA) is 77.1 Å². The zero-order valence-corrected chi connectivity index (χ0v) is 12.0. The van der Waals surface area contributed by atoms with Crippen molar-refractivity contribution >= 4 is 29.2 Å². The highest BCUT2D eigenvalue weighted by Crippen LogP contribution is 2.23. The third-order valence-electron chi connectivity index (χ3n) is 2.36. The smallest absolute Gasteiger partial charge is 0.362 e. The van der Waals surface area contributed by atoms with Crippen molar-refractivity contribution in [3.05, 3.63) is 39.5 Å². The number of H-pyrrole nitrogens is 1. The fraction of sp³-hybridized carbons (Fsp3) is 0.250. The van der Waals surface area contributed by atoms with Gasteiger partial charge in [-0.25, -0.2) is 9.89 Å². The van der Waals surface area contributed by atoms with E-state index in [9.17, 15) is 4.79 Å². The molecule has 8 heteroatoms. The Labute approximate surface area is 125 Å². The summed E-state index contributed by atoms with van der Waals surface area (Å²) in [7, 11) is 0. The summed E-state index contributed by atoms with van der Waals surface area (Å²) in [5, 5.41) is 10.5. The van der Waals surface area contributed by atoms with Crippen LogP contribution in [0.2, 0.25) is 10.0 Å². The lowest BCUT2D eigenvalue weighted by Crippen LogP contribution is -2.08. The Morgan fingerprint density at radius 2 is 2.15 bits per heavy atom. The maximum atomic E-state index is 11.6. The first-order valence-electron chi connectivity index (χ1n) is 5.76. The Morgan fingerprint density at radius 3 is 2.85 bits per heavy atom. The Balaban J connectivity index is 2.05. The van der Waals surface area contributed by atoms with Crippen molar-refractivity contribution in [1.82, 2.24) is 15.4 Å². The van der Waals surface area contributed by atoms with E-state index in [4.69, 9.17) is 32.7 Å². The summed E-state index contributed by atoms with van der Waals surface area (Å²) in [4.78, 5) is 11.6. The van der Waals surface area contributed by atoms with Crippen LogP contribution in [-0.2, 0) is 11.3 Å². The molecule has 0 spiro atoms. The van der Waals surface area contributed by atoms with Crippen molar-refractivity contribution < 1.29 is 14.3 Å². The molecule has 0 aliphatic carbocycles. The van der Waals surface area contributed by atoms with Gasteiger partial charge in [-0.15, -0.1) is 0 Å². The van der Waals surface area contributed by atoms with Crippen molar-refractivity contribution in [2.24, 2.45) is 0 Å². The highest BCUT2D eigenvalue weighted by Gasteiger charge is 2.18. The van der Waals surface area contributed by atoms with Crippen molar-refractivity contribution in [1.29, 1.82) is 0 Å². The Kier molecular flexibility index (Phi) is 4.81. The number of hydrogen-bond acceptors (Lipinski definition) is 5. The number of esters is 1. The fourth-order valence-corrected chi connectivity index (χ4v) is 1.76. The van der Waals surface area contributed by atoms with Crippen molar-refractivity contribution in [2.75, 3.05) is 6.61 Å². The molecular weight excluding hydrogens is 305 g/mol. The van der Waals surface area contributed by atoms with Gasteiger partial charge in [-0.2, -0.15) is 0 Å². The monoisotopic (exact) mass is 315 g/mol. The molecule has 2 rings (SSSR count). The highest BCUT2D eigenvalue weighted by molar-refractivity contribution is 6.42. The number of aromatic amines is 1. The first kappa shape index (κ1) is 14.6. The van der Waals surface area contributed by atoms with E-state index in [0.29, 0.717) is 10.0 Å². The molecule has 1 aromatic heterocycles. The number of ether oxygens (including phenoxy) is 2. The molecule has 0 amide bonds. The van der Waals surface area contributed by atoms with E-state index in [1.807, 2.05) is 0 Å². The number of nitrogens with zero attached hydrogens (tertiary/aromatic N) is 2. The van der Waals surface area contributed by atoms with Gasteiger partial charge in [-0.3, -0.25) is 0 Å². The van der Waals surface area contributed by atoms with Gasteiger partial charge in [0.05, 0.1) is 16.7 Å². The van der Waals surface area contributed by atoms with Crippen molar-refractivity contribution in [3.63, 3.8) is 0 Å². The summed E-state index contributed by atoms with van der Waals surface area (Å²) in [6.07, 6.45) is 0. The Bertz CT molecular complexity index is 616. The van der Waals surface area contributed by atoms with Gasteiger partial charge in [0.2, 0.25) is 5.69 Å². The van der Waals surface area contributed by atoms with Gasteiger partial charge in [0.15, 0.2) is 0 Å². The van der Waals surface area contributed by atoms with Gasteiger partial charge in [0.1, 0.15) is 6.61 Å². The number of nitrogens with one attached hydrogen (secondary N) is 1. The largest absolute Gasteiger partial charge is 0.470 e. The third-order valence-corrected chi connectivity index (χ3v) is 3.09. The van der Waals surface area contributed by atoms with Gasteiger partial charge in [0.25, 0.3) is 5.88 Å². The maximum Gasteiger partial charge on any atom is 0.362 e. The number of carbonyl (C=O) groups is 1. The molecule has 0 fully saturated rings. The van der Waals surface area contributed by atoms with Gasteiger partial charge < -0.3 is 9.47 Å². The number of halogens is 2. The minimum Gasteiger partial charge on any atom is -0.470 e. The Hall–Kier alpha value is -1.79. The molecule has 0 radical (unpaired) electrons. The van der Waals surface area contributed by atoms with Crippen LogP contribution < -0.4 is 4.74 Å². The molecule has 1 heterocycles. The normalized spacial score (nSPS) is 10.3. The standard InChI is InChI=1S/C12H11Cl2N3O3/c1-2-19-12(18)10-11(16-17-15-10)20-6-7-3-4-8(13)9(14)5-7/h3-5H,2,6H2,1H3,(H,15,16,17). The molecule has 2 aromatic rings. The molecule has 1 aromatic carbocycles. The van der Waals surface area contributed by atoms with E-state index in [0.717, 1.165) is 5.56 Å². The molecule has 0 atom stereocenters. The van der Waals surface area contributed by atoms with Gasteiger partial charge in [-0.1, -0.05) is 39.6 Å². The summed E-state index contributed by atoms with van der Waals surface area (Å²) < 4.78 is 10.3. The molecule has 106 valence electrons. The van der Waals surface area contributed by atoms with Crippen molar-refractivity contribution in [3.8, 4) is 5.88 Å². The summed E-state index contributed by atoms with van der Waals surface area (Å²) in [5.41, 5.74) is 0.865. The second kappa shape index (κ2) is 6.58. The summed E-state index contributed by atoms with van der Waals surface area (Å²) in [6.45, 7) is 2.14. The lowest BCUT2D eigenvalue weighted by molar-refractivity contribution is 0.0514. The lowest BCUT2D eigenvalue weighted by Gasteiger charge is -2.06. The molecule has 1 N–H and O–H groups in total. The van der Waals surface area contributed by atoms with Crippen LogP contribution in [0.3, 0.4) is 0 Å². The summed E-state index contributed by atoms with van der Waals surface area (Å²) >= 11 is 11.7. The number of carbonyl (C=O) groups excluding carboxylic acids is 1. The van der Waals surface area contributed by atoms with E-state index in [1.165, 1.54) is 0 Å². The molecule has 20 heavy (non-hydrogen) atoms. The predicted octanol–water partition coefficient (Wildman–Crippen LogP) is 2.87. The zero-order valence-electron chi connectivity index (χ0n) is 10.5. The molecule has 0 bridgehead atoms. The second-order valence-corrected chi connectivity index (χ2v) is 4.56. The number of rotatable bonds is 5. The molecule has 0 aliphatic rings. The highest BCUT2D eigenvalue weighted by atomic mass is 35.5. The zero-order chi connectivity index (χ0) is 14.5. The summed E-state index contributed by atoms with van der Waals surface area (Å²) in [6, 6.07) is 5.10. The van der Waals surface area contributed by atoms with Gasteiger partial charge in [-0.05, 0) is 24.6 Å². The summed E-state index contributed by atoms with van der Waals surface area (Å²) in [5.74, 6) is -0.490. The Morgan fingerprint density at radius 1 is 1.35 bits per heavy atom. The SMILES string of the molecule is CCOC(=O)c1[nH]nnc1OCc1ccc(Cl)c(Cl)c1. The van der Waals surface area contributed by atoms with E-state index in [2.05, 4.69) is 15.4 Å². The van der Waals surface area contributed by atoms with Crippen LogP contribution in [0.1, 0.15) is 23.0 Å². The molecular formula is C12H11Cl2N3O3. The van der Waals surface area contributed by atoms with Crippen LogP contribution in [0.15, 0.2) is 18.2 Å². The van der Waals surface area contributed by atoms with E-state index < -0.39 is 5.97 Å². The van der Waals surface area contributed by atoms with E-state index >= 15 is 0 Å². The first-order chi connectivity index (χ1) is 9.61. The van der Waals surface area contributed by atoms with E-state index in [1.54, 1.807) is 25.1 Å². The van der Waals surface area contributed by atoms with Crippen LogP contribution in [-0.4, -0.2) is 28.0 Å².